The van der Waals surface area contributed by atoms with Gasteiger partial charge >= 0.3 is 0 Å². The number of Topliss-reactive ketones (excluding diaryl/α,β-unsaturated/α-hetero) is 1. The molecule has 1 N–H and O–H groups in total. The Bertz CT molecular complexity index is 1140. The highest BCUT2D eigenvalue weighted by Gasteiger charge is 2.36. The highest BCUT2D eigenvalue weighted by molar-refractivity contribution is 6.05. The molecule has 0 saturated heterocycles. The number of aryl methyl sites for hydroxylation is 1. The van der Waals surface area contributed by atoms with E-state index < -0.39 is 5.60 Å². The Labute approximate surface area is 230 Å². The maximum Gasteiger partial charge on any atom is 0.166 e. The topological polar surface area (TPSA) is 62.0 Å². The van der Waals surface area contributed by atoms with Crippen molar-refractivity contribution in [2.75, 3.05) is 0 Å². The zero-order valence-corrected chi connectivity index (χ0v) is 24.8. The van der Waals surface area contributed by atoms with Gasteiger partial charge in [-0.05, 0) is 99.8 Å². The molecule has 1 atom stereocenters. The predicted octanol–water partition coefficient (Wildman–Crippen LogP) is 8.54. The summed E-state index contributed by atoms with van der Waals surface area (Å²) in [5, 5.41) is 18.4. The molecule has 0 radical (unpaired) electrons. The van der Waals surface area contributed by atoms with Crippen LogP contribution in [0.1, 0.15) is 109 Å². The third kappa shape index (κ3) is 7.72. The van der Waals surface area contributed by atoms with E-state index in [1.54, 1.807) is 0 Å². The molecule has 206 valence electrons. The van der Waals surface area contributed by atoms with Crippen LogP contribution in [0.5, 0.6) is 0 Å². The number of carbonyl (C=O) groups is 1. The first-order chi connectivity index (χ1) is 17.9. The third-order valence-corrected chi connectivity index (χ3v) is 8.41. The summed E-state index contributed by atoms with van der Waals surface area (Å²) in [4.78, 5) is 12.9. The normalized spacial score (nSPS) is 17.5. The Morgan fingerprint density at radius 3 is 2.05 bits per heavy atom. The summed E-state index contributed by atoms with van der Waals surface area (Å²) < 4.78 is 0. The fourth-order valence-corrected chi connectivity index (χ4v) is 4.90. The maximum absolute atomic E-state index is 12.9. The number of carbonyl (C=O) groups excluding carboxylic acids is 1. The summed E-state index contributed by atoms with van der Waals surface area (Å²) in [6.07, 6.45) is 7.29. The summed E-state index contributed by atoms with van der Waals surface area (Å²) in [6, 6.07) is 14.5. The van der Waals surface area contributed by atoms with E-state index in [2.05, 4.69) is 67.4 Å². The van der Waals surface area contributed by atoms with Crippen molar-refractivity contribution in [3.8, 4) is 11.1 Å². The van der Waals surface area contributed by atoms with E-state index in [1.807, 2.05) is 40.7 Å². The molecule has 0 spiro atoms. The minimum Gasteiger partial charge on any atom is -0.390 e. The van der Waals surface area contributed by atoms with Crippen LogP contribution in [0.15, 0.2) is 52.7 Å². The second kappa shape index (κ2) is 13.0. The van der Waals surface area contributed by atoms with Crippen molar-refractivity contribution in [3.63, 3.8) is 0 Å². The molecular formula is C34H48N2O2. The summed E-state index contributed by atoms with van der Waals surface area (Å²) in [5.74, 6) is 2.10. The molecule has 2 aliphatic rings. The van der Waals surface area contributed by atoms with Crippen LogP contribution < -0.4 is 0 Å². The van der Waals surface area contributed by atoms with Gasteiger partial charge in [-0.25, -0.2) is 0 Å². The zero-order valence-electron chi connectivity index (χ0n) is 24.8. The van der Waals surface area contributed by atoms with Gasteiger partial charge in [-0.1, -0.05) is 76.6 Å². The van der Waals surface area contributed by atoms with Crippen LogP contribution in [0.4, 0.5) is 0 Å². The van der Waals surface area contributed by atoms with Gasteiger partial charge in [-0.2, -0.15) is 10.2 Å². The Morgan fingerprint density at radius 2 is 1.61 bits per heavy atom. The lowest BCUT2D eigenvalue weighted by Gasteiger charge is -2.25. The van der Waals surface area contributed by atoms with Crippen molar-refractivity contribution in [2.45, 2.75) is 99.5 Å². The molecule has 2 aromatic carbocycles. The molecule has 2 aromatic rings. The molecule has 2 aliphatic carbocycles. The fraction of sp³-hybridized carbons (Fsp3) is 0.559. The van der Waals surface area contributed by atoms with Gasteiger partial charge in [0, 0.05) is 17.2 Å². The SMILES string of the molecule is CC(C1CC1)C(C)(C)O.CCc1cccc(-c2ccc(/C(C)=N/N=C(/C)C3CCC3)cc2)c1C(=O)C(C)C. The molecule has 0 amide bonds. The fourth-order valence-electron chi connectivity index (χ4n) is 4.90. The Hall–Kier alpha value is -2.59. The summed E-state index contributed by atoms with van der Waals surface area (Å²) in [7, 11) is 0. The molecular weight excluding hydrogens is 468 g/mol. The largest absolute Gasteiger partial charge is 0.390 e. The first-order valence-corrected chi connectivity index (χ1v) is 14.5. The highest BCUT2D eigenvalue weighted by atomic mass is 16.3. The van der Waals surface area contributed by atoms with Crippen LogP contribution in [0.3, 0.4) is 0 Å². The number of hydrogen-bond acceptors (Lipinski definition) is 4. The minimum absolute atomic E-state index is 0.0214. The van der Waals surface area contributed by atoms with Gasteiger partial charge in [0.25, 0.3) is 0 Å². The maximum atomic E-state index is 12.9. The average molecular weight is 517 g/mol. The van der Waals surface area contributed by atoms with Crippen LogP contribution in [-0.2, 0) is 6.42 Å². The van der Waals surface area contributed by atoms with E-state index >= 15 is 0 Å². The number of aliphatic hydroxyl groups is 1. The van der Waals surface area contributed by atoms with Crippen molar-refractivity contribution in [3.05, 3.63) is 59.2 Å². The second-order valence-corrected chi connectivity index (χ2v) is 12.1. The van der Waals surface area contributed by atoms with Crippen molar-refractivity contribution < 1.29 is 9.90 Å². The first-order valence-electron chi connectivity index (χ1n) is 14.5. The van der Waals surface area contributed by atoms with Crippen LogP contribution in [0, 0.1) is 23.7 Å². The van der Waals surface area contributed by atoms with E-state index in [-0.39, 0.29) is 11.7 Å². The Morgan fingerprint density at radius 1 is 0.974 bits per heavy atom. The second-order valence-electron chi connectivity index (χ2n) is 12.1. The molecule has 4 heteroatoms. The van der Waals surface area contributed by atoms with Crippen molar-refractivity contribution in [1.82, 2.24) is 0 Å². The summed E-state index contributed by atoms with van der Waals surface area (Å²) in [6.45, 7) is 16.0. The lowest BCUT2D eigenvalue weighted by Crippen LogP contribution is -2.29. The first kappa shape index (κ1) is 30.0. The number of nitrogens with zero attached hydrogens (tertiary/aromatic N) is 2. The molecule has 0 bridgehead atoms. The van der Waals surface area contributed by atoms with E-state index in [0.717, 1.165) is 51.6 Å². The molecule has 1 unspecified atom stereocenters. The van der Waals surface area contributed by atoms with E-state index in [9.17, 15) is 9.90 Å². The zero-order chi connectivity index (χ0) is 28.0. The van der Waals surface area contributed by atoms with Crippen LogP contribution in [0.25, 0.3) is 11.1 Å². The van der Waals surface area contributed by atoms with Crippen molar-refractivity contribution in [2.24, 2.45) is 33.9 Å². The molecule has 4 rings (SSSR count). The van der Waals surface area contributed by atoms with Crippen molar-refractivity contribution >= 4 is 17.2 Å². The molecule has 0 aromatic heterocycles. The van der Waals surface area contributed by atoms with Gasteiger partial charge in [-0.3, -0.25) is 4.79 Å². The number of benzene rings is 2. The van der Waals surface area contributed by atoms with E-state index in [1.165, 1.54) is 32.1 Å². The van der Waals surface area contributed by atoms with Gasteiger partial charge in [0.05, 0.1) is 11.3 Å². The van der Waals surface area contributed by atoms with Crippen LogP contribution in [0.2, 0.25) is 0 Å². The third-order valence-electron chi connectivity index (χ3n) is 8.41. The molecule has 4 nitrogen and oxygen atoms in total. The lowest BCUT2D eigenvalue weighted by molar-refractivity contribution is 0.0155. The number of rotatable bonds is 9. The van der Waals surface area contributed by atoms with Crippen LogP contribution in [-0.4, -0.2) is 27.9 Å². The standard InChI is InChI=1S/C26H32N2O.C8H16O/c1-6-20-9-8-12-24(25(20)26(29)17(2)3)23-15-13-22(14-16-23)19(5)28-27-18(4)21-10-7-11-21;1-6(7-4-5-7)8(2,3)9/h8-9,12-17,21H,6-7,10-11H2,1-5H3;6-7,9H,4-5H2,1-3H3/b27-18-,28-19+;. The summed E-state index contributed by atoms with van der Waals surface area (Å²) in [5.41, 5.74) is 6.71. The van der Waals surface area contributed by atoms with Crippen LogP contribution >= 0.6 is 0 Å². The summed E-state index contributed by atoms with van der Waals surface area (Å²) >= 11 is 0. The van der Waals surface area contributed by atoms with Gasteiger partial charge in [-0.15, -0.1) is 0 Å². The van der Waals surface area contributed by atoms with Gasteiger partial charge in [0.1, 0.15) is 0 Å². The number of ketones is 1. The highest BCUT2D eigenvalue weighted by Crippen LogP contribution is 2.41. The smallest absolute Gasteiger partial charge is 0.166 e. The predicted molar refractivity (Wildman–Crippen MR) is 161 cm³/mol. The Kier molecular flexibility index (Phi) is 10.2. The van der Waals surface area contributed by atoms with Gasteiger partial charge in [0.15, 0.2) is 5.78 Å². The Balaban J connectivity index is 0.000000375. The molecule has 0 heterocycles. The molecule has 38 heavy (non-hydrogen) atoms. The van der Waals surface area contributed by atoms with Gasteiger partial charge in [0.2, 0.25) is 0 Å². The number of hydrogen-bond donors (Lipinski definition) is 1. The lowest BCUT2D eigenvalue weighted by atomic mass is 9.82. The monoisotopic (exact) mass is 516 g/mol. The minimum atomic E-state index is -0.457. The van der Waals surface area contributed by atoms with Gasteiger partial charge < -0.3 is 5.11 Å². The molecule has 0 aliphatic heterocycles. The molecule has 2 fully saturated rings. The molecule has 2 saturated carbocycles. The van der Waals surface area contributed by atoms with Crippen molar-refractivity contribution in [1.29, 1.82) is 0 Å². The quantitative estimate of drug-likeness (QED) is 0.206. The van der Waals surface area contributed by atoms with E-state index in [0.29, 0.717) is 11.8 Å². The van der Waals surface area contributed by atoms with E-state index in [4.69, 9.17) is 0 Å². The average Bonchev–Trinajstić information content (AvgIpc) is 3.70.